The van der Waals surface area contributed by atoms with Gasteiger partial charge in [-0.2, -0.15) is 0 Å². The second-order valence-electron chi connectivity index (χ2n) is 8.01. The van der Waals surface area contributed by atoms with Gasteiger partial charge in [-0.25, -0.2) is 4.98 Å². The molecule has 1 N–H and O–H groups in total. The molecule has 0 saturated carbocycles. The van der Waals surface area contributed by atoms with E-state index in [0.29, 0.717) is 28.2 Å². The number of rotatable bonds is 5. The lowest BCUT2D eigenvalue weighted by atomic mass is 10.1. The Kier molecular flexibility index (Phi) is 4.79. The minimum Gasteiger partial charge on any atom is -0.497 e. The molecule has 0 atom stereocenters. The lowest BCUT2D eigenvalue weighted by molar-refractivity contribution is 0.367. The van der Waals surface area contributed by atoms with Gasteiger partial charge in [-0.3, -0.25) is 9.69 Å². The zero-order chi connectivity index (χ0) is 20.7. The third kappa shape index (κ3) is 3.37. The van der Waals surface area contributed by atoms with Gasteiger partial charge >= 0.3 is 0 Å². The topological polar surface area (TPSA) is 67.5 Å². The first kappa shape index (κ1) is 18.9. The number of H-pyrrole nitrogens is 1. The molecule has 3 aromatic rings. The lowest BCUT2D eigenvalue weighted by Crippen LogP contribution is -2.21. The van der Waals surface area contributed by atoms with E-state index in [1.165, 1.54) is 49.7 Å². The van der Waals surface area contributed by atoms with Gasteiger partial charge in [0.2, 0.25) is 0 Å². The number of fused-ring (bicyclic) bond motifs is 2. The second-order valence-corrected chi connectivity index (χ2v) is 8.01. The zero-order valence-corrected chi connectivity index (χ0v) is 17.3. The summed E-state index contributed by atoms with van der Waals surface area (Å²) < 4.78 is 10.7. The summed E-state index contributed by atoms with van der Waals surface area (Å²) in [5.41, 5.74) is 5.23. The molecular weight excluding hydrogens is 378 g/mol. The van der Waals surface area contributed by atoms with E-state index in [2.05, 4.69) is 28.1 Å². The number of nitrogens with one attached hydrogen (secondary N) is 1. The third-order valence-corrected chi connectivity index (χ3v) is 6.02. The van der Waals surface area contributed by atoms with Crippen LogP contribution in [0.3, 0.4) is 0 Å². The van der Waals surface area contributed by atoms with Gasteiger partial charge in [-0.05, 0) is 49.5 Å². The van der Waals surface area contributed by atoms with Gasteiger partial charge in [0, 0.05) is 24.2 Å². The first-order valence-electron chi connectivity index (χ1n) is 10.4. The number of ether oxygens (including phenoxy) is 2. The monoisotopic (exact) mass is 403 g/mol. The molecule has 1 aliphatic heterocycles. The fraction of sp³-hybridized carbons (Fsp3) is 0.333. The van der Waals surface area contributed by atoms with Crippen LogP contribution in [0.1, 0.15) is 24.0 Å². The van der Waals surface area contributed by atoms with Gasteiger partial charge < -0.3 is 14.5 Å². The Bertz CT molecular complexity index is 1210. The first-order valence-corrected chi connectivity index (χ1v) is 10.4. The molecule has 0 unspecified atom stereocenters. The van der Waals surface area contributed by atoms with Crippen LogP contribution in [0.4, 0.5) is 0 Å². The normalized spacial score (nSPS) is 16.0. The number of methoxy groups -OCH3 is 2. The minimum absolute atomic E-state index is 0.222. The predicted octanol–water partition coefficient (Wildman–Crippen LogP) is 3.64. The molecule has 6 heteroatoms. The van der Waals surface area contributed by atoms with E-state index in [4.69, 9.17) is 14.5 Å². The molecule has 154 valence electrons. The van der Waals surface area contributed by atoms with Crippen LogP contribution >= 0.6 is 0 Å². The maximum atomic E-state index is 12.8. The van der Waals surface area contributed by atoms with Crippen molar-refractivity contribution in [2.75, 3.05) is 33.9 Å². The Morgan fingerprint density at radius 2 is 1.93 bits per heavy atom. The quantitative estimate of drug-likeness (QED) is 0.704. The summed E-state index contributed by atoms with van der Waals surface area (Å²) in [6.07, 6.45) is 5.91. The largest absolute Gasteiger partial charge is 0.497 e. The Labute approximate surface area is 175 Å². The minimum atomic E-state index is -0.222. The number of aromatic nitrogens is 2. The molecule has 30 heavy (non-hydrogen) atoms. The van der Waals surface area contributed by atoms with Crippen LogP contribution in [0.5, 0.6) is 11.5 Å². The Morgan fingerprint density at radius 3 is 2.70 bits per heavy atom. The maximum Gasteiger partial charge on any atom is 0.262 e. The summed E-state index contributed by atoms with van der Waals surface area (Å²) in [4.78, 5) is 23.0. The van der Waals surface area contributed by atoms with E-state index in [0.717, 1.165) is 18.5 Å². The standard InChI is InChI=1S/C24H25N3O3/c1-29-19-12-20-22(21(13-19)30-2)24(28)26-23(25-20)17-6-5-16-9-15(10-18(16)11-17)14-27-7-3-4-8-27/h5-6,10-13H,3-4,7-9,14H2,1-2H3,(H,25,26,28). The van der Waals surface area contributed by atoms with Crippen molar-refractivity contribution >= 4 is 17.0 Å². The number of hydrogen-bond acceptors (Lipinski definition) is 5. The second kappa shape index (κ2) is 7.61. The molecule has 2 aromatic carbocycles. The highest BCUT2D eigenvalue weighted by atomic mass is 16.5. The zero-order valence-electron chi connectivity index (χ0n) is 17.3. The van der Waals surface area contributed by atoms with E-state index in [1.807, 2.05) is 6.07 Å². The predicted molar refractivity (Wildman–Crippen MR) is 118 cm³/mol. The van der Waals surface area contributed by atoms with Crippen molar-refractivity contribution in [3.63, 3.8) is 0 Å². The van der Waals surface area contributed by atoms with Crippen molar-refractivity contribution in [3.8, 4) is 22.9 Å². The molecule has 0 amide bonds. The van der Waals surface area contributed by atoms with Gasteiger partial charge in [0.05, 0.1) is 19.7 Å². The molecule has 1 fully saturated rings. The van der Waals surface area contributed by atoms with E-state index in [1.54, 1.807) is 19.2 Å². The Morgan fingerprint density at radius 1 is 1.10 bits per heavy atom. The number of benzene rings is 2. The van der Waals surface area contributed by atoms with Crippen LogP contribution in [0.15, 0.2) is 40.7 Å². The first-order chi connectivity index (χ1) is 14.6. The van der Waals surface area contributed by atoms with Crippen LogP contribution in [-0.4, -0.2) is 48.7 Å². The average Bonchev–Trinajstić information content (AvgIpc) is 3.41. The molecule has 0 radical (unpaired) electrons. The van der Waals surface area contributed by atoms with Gasteiger partial charge in [0.25, 0.3) is 5.56 Å². The van der Waals surface area contributed by atoms with E-state index >= 15 is 0 Å². The highest BCUT2D eigenvalue weighted by Gasteiger charge is 2.19. The smallest absolute Gasteiger partial charge is 0.262 e. The van der Waals surface area contributed by atoms with Gasteiger partial charge in [-0.1, -0.05) is 23.8 Å². The van der Waals surface area contributed by atoms with Crippen LogP contribution in [0, 0.1) is 0 Å². The summed E-state index contributed by atoms with van der Waals surface area (Å²) in [7, 11) is 3.12. The molecule has 1 aliphatic carbocycles. The molecular formula is C24H25N3O3. The fourth-order valence-corrected chi connectivity index (χ4v) is 4.51. The molecule has 6 nitrogen and oxygen atoms in total. The van der Waals surface area contributed by atoms with Crippen LogP contribution in [0.2, 0.25) is 0 Å². The average molecular weight is 403 g/mol. The van der Waals surface area contributed by atoms with Crippen LogP contribution in [-0.2, 0) is 6.42 Å². The number of hydrogen-bond donors (Lipinski definition) is 1. The van der Waals surface area contributed by atoms with Crippen molar-refractivity contribution in [2.24, 2.45) is 0 Å². The maximum absolute atomic E-state index is 12.8. The van der Waals surface area contributed by atoms with Gasteiger partial charge in [-0.15, -0.1) is 0 Å². The number of nitrogens with zero attached hydrogens (tertiary/aromatic N) is 2. The summed E-state index contributed by atoms with van der Waals surface area (Å²) in [5.74, 6) is 1.60. The Hall–Kier alpha value is -3.12. The summed E-state index contributed by atoms with van der Waals surface area (Å²) in [6, 6.07) is 9.76. The molecule has 2 aliphatic rings. The summed E-state index contributed by atoms with van der Waals surface area (Å²) in [6.45, 7) is 3.46. The molecule has 1 aromatic heterocycles. The number of aromatic amines is 1. The molecule has 5 rings (SSSR count). The van der Waals surface area contributed by atoms with E-state index < -0.39 is 0 Å². The molecule has 2 heterocycles. The fourth-order valence-electron chi connectivity index (χ4n) is 4.51. The number of likely N-dealkylation sites (tertiary alicyclic amines) is 1. The molecule has 1 saturated heterocycles. The highest BCUT2D eigenvalue weighted by Crippen LogP contribution is 2.31. The summed E-state index contributed by atoms with van der Waals surface area (Å²) >= 11 is 0. The van der Waals surface area contributed by atoms with E-state index in [9.17, 15) is 4.79 Å². The highest BCUT2D eigenvalue weighted by molar-refractivity contribution is 5.87. The van der Waals surface area contributed by atoms with Crippen molar-refractivity contribution in [1.82, 2.24) is 14.9 Å². The van der Waals surface area contributed by atoms with Crippen molar-refractivity contribution < 1.29 is 9.47 Å². The third-order valence-electron chi connectivity index (χ3n) is 6.02. The van der Waals surface area contributed by atoms with Crippen molar-refractivity contribution in [2.45, 2.75) is 19.3 Å². The van der Waals surface area contributed by atoms with Crippen LogP contribution in [0.25, 0.3) is 28.4 Å². The Balaban J connectivity index is 1.52. The van der Waals surface area contributed by atoms with Crippen LogP contribution < -0.4 is 15.0 Å². The van der Waals surface area contributed by atoms with Gasteiger partial charge in [0.15, 0.2) is 0 Å². The van der Waals surface area contributed by atoms with Crippen molar-refractivity contribution in [1.29, 1.82) is 0 Å². The van der Waals surface area contributed by atoms with Crippen molar-refractivity contribution in [3.05, 3.63) is 57.4 Å². The summed E-state index contributed by atoms with van der Waals surface area (Å²) in [5, 5.41) is 0.427. The van der Waals surface area contributed by atoms with E-state index in [-0.39, 0.29) is 5.56 Å². The SMILES string of the molecule is COc1cc(OC)c2c(=O)[nH]c(-c3ccc4c(c3)C=C(CN3CCCC3)C4)nc2c1. The molecule has 0 bridgehead atoms. The molecule has 0 spiro atoms. The van der Waals surface area contributed by atoms with Gasteiger partial charge in [0.1, 0.15) is 22.7 Å². The lowest BCUT2D eigenvalue weighted by Gasteiger charge is -2.14.